The molecule has 0 bridgehead atoms. The van der Waals surface area contributed by atoms with Crippen molar-refractivity contribution in [1.29, 1.82) is 0 Å². The molecule has 1 saturated heterocycles. The average Bonchev–Trinajstić information content (AvgIpc) is 3.30. The number of pyridine rings is 1. The van der Waals surface area contributed by atoms with Crippen molar-refractivity contribution in [3.05, 3.63) is 81.1 Å². The average molecular weight is 644 g/mol. The van der Waals surface area contributed by atoms with Crippen LogP contribution in [-0.4, -0.2) is 62.9 Å². The number of nitrogens with zero attached hydrogens (tertiary/aromatic N) is 3. The molecule has 2 unspecified atom stereocenters. The quantitative estimate of drug-likeness (QED) is 0.133. The van der Waals surface area contributed by atoms with E-state index in [2.05, 4.69) is 22.0 Å². The van der Waals surface area contributed by atoms with Gasteiger partial charge in [-0.1, -0.05) is 0 Å². The molecule has 1 aromatic heterocycles. The molecule has 0 saturated carbocycles. The summed E-state index contributed by atoms with van der Waals surface area (Å²) in [6, 6.07) is 15.2. The number of amides is 1. The third kappa shape index (κ3) is 5.75. The van der Waals surface area contributed by atoms with Gasteiger partial charge in [-0.3, -0.25) is 0 Å². The summed E-state index contributed by atoms with van der Waals surface area (Å²) >= 11 is 12.5. The van der Waals surface area contributed by atoms with Crippen LogP contribution in [0.5, 0.6) is 5.75 Å². The number of hydrogen-bond donors (Lipinski definition) is 1. The van der Waals surface area contributed by atoms with Crippen LogP contribution in [0.3, 0.4) is 0 Å². The Hall–Kier alpha value is -2.57. The third-order valence-corrected chi connectivity index (χ3v) is 12.0. The zero-order valence-electron chi connectivity index (χ0n) is 22.7. The van der Waals surface area contributed by atoms with Gasteiger partial charge in [0.25, 0.3) is 0 Å². The Morgan fingerprint density at radius 2 is 1.75 bits per heavy atom. The fourth-order valence-corrected chi connectivity index (χ4v) is 9.49. The number of hydrogen-bond acceptors (Lipinski definition) is 5. The number of halogens is 2. The Balaban J connectivity index is 1.43. The summed E-state index contributed by atoms with van der Waals surface area (Å²) in [5, 5.41) is 9.93. The minimum absolute atomic E-state index is 0.0432. The van der Waals surface area contributed by atoms with Crippen molar-refractivity contribution in [3.8, 4) is 5.75 Å². The van der Waals surface area contributed by atoms with Crippen LogP contribution >= 0.6 is 23.2 Å². The van der Waals surface area contributed by atoms with Crippen LogP contribution in [0.2, 0.25) is 10.0 Å². The Labute approximate surface area is 251 Å². The van der Waals surface area contributed by atoms with E-state index < -0.39 is 21.9 Å². The van der Waals surface area contributed by atoms with Gasteiger partial charge in [0.05, 0.1) is 0 Å². The van der Waals surface area contributed by atoms with Gasteiger partial charge in [-0.05, 0) is 0 Å². The molecule has 2 atom stereocenters. The molecule has 2 aromatic carbocycles. The molecule has 1 radical (unpaired) electrons. The zero-order valence-corrected chi connectivity index (χ0v) is 26.1. The van der Waals surface area contributed by atoms with Crippen LogP contribution in [-0.2, 0) is 6.42 Å². The first-order valence-corrected chi connectivity index (χ1v) is 16.1. The van der Waals surface area contributed by atoms with Crippen molar-refractivity contribution in [2.45, 2.75) is 50.3 Å². The molecule has 209 valence electrons. The van der Waals surface area contributed by atoms with Gasteiger partial charge in [0.1, 0.15) is 0 Å². The molecular formula is C30H32AsCl2N3O4+. The molecule has 1 aliphatic heterocycles. The van der Waals surface area contributed by atoms with Crippen molar-refractivity contribution in [2.24, 2.45) is 0 Å². The Bertz CT molecular complexity index is 1440. The van der Waals surface area contributed by atoms with E-state index in [9.17, 15) is 9.59 Å². The number of carboxylic acid groups (broad SMARTS) is 1. The topological polar surface area (TPSA) is 79.7 Å². The normalized spacial score (nSPS) is 19.0. The molecule has 40 heavy (non-hydrogen) atoms. The molecule has 0 spiro atoms. The van der Waals surface area contributed by atoms with Gasteiger partial charge < -0.3 is 0 Å². The van der Waals surface area contributed by atoms with E-state index in [1.165, 1.54) is 0 Å². The summed E-state index contributed by atoms with van der Waals surface area (Å²) in [5.41, 5.74) is 6.07. The van der Waals surface area contributed by atoms with Gasteiger partial charge in [0.2, 0.25) is 0 Å². The number of piperidine rings is 1. The molecule has 2 aliphatic rings. The SMILES string of the molecule is Cc1cc(N2CCC([N+](C)(C(=O)[As]C3CCc4ccc(OC(=O)O)cc43)c3cccc(Cl)c3Cl)CC2)cc(C)n1. The van der Waals surface area contributed by atoms with Gasteiger partial charge >= 0.3 is 252 Å². The van der Waals surface area contributed by atoms with Crippen LogP contribution in [0.4, 0.5) is 21.0 Å². The number of ether oxygens (including phenoxy) is 1. The van der Waals surface area contributed by atoms with Gasteiger partial charge in [-0.15, -0.1) is 0 Å². The predicted molar refractivity (Wildman–Crippen MR) is 160 cm³/mol. The fourth-order valence-electron chi connectivity index (χ4n) is 6.05. The Morgan fingerprint density at radius 1 is 1.05 bits per heavy atom. The van der Waals surface area contributed by atoms with Gasteiger partial charge in [0.15, 0.2) is 0 Å². The maximum atomic E-state index is 14.5. The van der Waals surface area contributed by atoms with Crippen molar-refractivity contribution in [2.75, 3.05) is 25.0 Å². The molecular weight excluding hydrogens is 612 g/mol. The number of aryl methyl sites for hydroxylation is 3. The van der Waals surface area contributed by atoms with Gasteiger partial charge in [0, 0.05) is 0 Å². The zero-order chi connectivity index (χ0) is 28.6. The molecule has 1 N–H and O–H groups in total. The van der Waals surface area contributed by atoms with Crippen molar-refractivity contribution in [3.63, 3.8) is 0 Å². The molecule has 7 nitrogen and oxygen atoms in total. The number of fused-ring (bicyclic) bond motifs is 1. The summed E-state index contributed by atoms with van der Waals surface area (Å²) in [4.78, 5) is 32.4. The number of aromatic nitrogens is 1. The van der Waals surface area contributed by atoms with E-state index >= 15 is 0 Å². The van der Waals surface area contributed by atoms with E-state index in [0.717, 1.165) is 72.7 Å². The van der Waals surface area contributed by atoms with Crippen LogP contribution in [0, 0.1) is 13.8 Å². The summed E-state index contributed by atoms with van der Waals surface area (Å²) in [6.45, 7) is 5.67. The van der Waals surface area contributed by atoms with Crippen LogP contribution in [0.1, 0.15) is 46.5 Å². The van der Waals surface area contributed by atoms with Crippen LogP contribution in [0.15, 0.2) is 48.5 Å². The number of benzene rings is 2. The van der Waals surface area contributed by atoms with E-state index in [-0.39, 0.29) is 25.7 Å². The number of carbonyl (C=O) groups is 2. The molecule has 1 aliphatic carbocycles. The first-order chi connectivity index (χ1) is 19.1. The summed E-state index contributed by atoms with van der Waals surface area (Å²) in [7, 11) is 2.00. The number of anilines is 1. The van der Waals surface area contributed by atoms with E-state index in [4.69, 9.17) is 33.0 Å². The number of quaternary nitrogens is 1. The Kier molecular flexibility index (Phi) is 8.49. The first kappa shape index (κ1) is 28.9. The number of carbonyl (C=O) groups excluding carboxylic acids is 1. The molecule has 10 heteroatoms. The molecule has 1 fully saturated rings. The van der Waals surface area contributed by atoms with Crippen molar-refractivity contribution < 1.29 is 19.4 Å². The molecule has 5 rings (SSSR count). The molecule has 2 heterocycles. The van der Waals surface area contributed by atoms with E-state index in [1.807, 2.05) is 39.1 Å². The minimum atomic E-state index is -1.35. The van der Waals surface area contributed by atoms with Crippen molar-refractivity contribution >= 4 is 61.2 Å². The van der Waals surface area contributed by atoms with E-state index in [0.29, 0.717) is 10.0 Å². The summed E-state index contributed by atoms with van der Waals surface area (Å²) in [5.74, 6) is 0.288. The fraction of sp³-hybridized carbons (Fsp3) is 0.367. The van der Waals surface area contributed by atoms with Crippen molar-refractivity contribution in [1.82, 2.24) is 9.47 Å². The molecule has 1 amide bonds. The van der Waals surface area contributed by atoms with Gasteiger partial charge in [-0.2, -0.15) is 0 Å². The second-order valence-corrected chi connectivity index (χ2v) is 14.1. The maximum absolute atomic E-state index is 14.5. The number of rotatable bonds is 6. The first-order valence-electron chi connectivity index (χ1n) is 13.4. The second-order valence-electron chi connectivity index (χ2n) is 10.7. The predicted octanol–water partition coefficient (Wildman–Crippen LogP) is 7.18. The Morgan fingerprint density at radius 3 is 2.42 bits per heavy atom. The van der Waals surface area contributed by atoms with Crippen LogP contribution < -0.4 is 14.1 Å². The monoisotopic (exact) mass is 643 g/mol. The second kappa shape index (κ2) is 11.7. The van der Waals surface area contributed by atoms with Crippen LogP contribution in [0.25, 0.3) is 0 Å². The third-order valence-electron chi connectivity index (χ3n) is 8.09. The summed E-state index contributed by atoms with van der Waals surface area (Å²) < 4.78 is 5.25. The van der Waals surface area contributed by atoms with E-state index in [1.54, 1.807) is 18.2 Å². The molecule has 3 aromatic rings. The standard InChI is InChI=1S/C30H31AsCl2N3O4/c1-18-15-21(16-19(2)34-18)35-13-11-22(12-14-35)36(3,27-6-4-5-26(32)28(27)33)29(37)31-25-10-8-20-7-9-23(17-24(20)25)40-30(38)39/h4-7,9,15-17,22,25H,8,10-14H2,1-3H3/p+1. The van der Waals surface area contributed by atoms with Gasteiger partial charge in [-0.25, -0.2) is 0 Å². The summed E-state index contributed by atoms with van der Waals surface area (Å²) in [6.07, 6.45) is 2.03.